The molecule has 98 valence electrons. The standard InChI is InChI=1S/C14H20N2O2/c17-12-8-13(16-14(15-12)11-6-7-11)18-9-10-4-2-1-3-5-10/h8,10-11H,1-7,9H2,(H,15,16,17). The van der Waals surface area contributed by atoms with E-state index in [2.05, 4.69) is 9.97 Å². The van der Waals surface area contributed by atoms with Gasteiger partial charge in [0.1, 0.15) is 5.82 Å². The van der Waals surface area contributed by atoms with Crippen molar-refractivity contribution in [3.63, 3.8) is 0 Å². The number of H-pyrrole nitrogens is 1. The molecule has 1 aromatic heterocycles. The van der Waals surface area contributed by atoms with E-state index in [1.54, 1.807) is 0 Å². The monoisotopic (exact) mass is 248 g/mol. The van der Waals surface area contributed by atoms with Crippen LogP contribution in [0.2, 0.25) is 0 Å². The van der Waals surface area contributed by atoms with Gasteiger partial charge in [-0.25, -0.2) is 0 Å². The highest BCUT2D eigenvalue weighted by molar-refractivity contribution is 5.14. The van der Waals surface area contributed by atoms with E-state index in [4.69, 9.17) is 4.74 Å². The molecule has 3 rings (SSSR count). The third-order valence-electron chi connectivity index (χ3n) is 3.89. The van der Waals surface area contributed by atoms with Gasteiger partial charge in [-0.3, -0.25) is 4.79 Å². The van der Waals surface area contributed by atoms with Gasteiger partial charge in [-0.1, -0.05) is 19.3 Å². The number of aromatic amines is 1. The van der Waals surface area contributed by atoms with E-state index in [-0.39, 0.29) is 5.56 Å². The molecule has 0 bridgehead atoms. The third-order valence-corrected chi connectivity index (χ3v) is 3.89. The summed E-state index contributed by atoms with van der Waals surface area (Å²) in [7, 11) is 0. The lowest BCUT2D eigenvalue weighted by Gasteiger charge is -2.21. The zero-order chi connectivity index (χ0) is 12.4. The normalized spacial score (nSPS) is 20.9. The fraction of sp³-hybridized carbons (Fsp3) is 0.714. The largest absolute Gasteiger partial charge is 0.477 e. The van der Waals surface area contributed by atoms with Gasteiger partial charge >= 0.3 is 0 Å². The highest BCUT2D eigenvalue weighted by Crippen LogP contribution is 2.37. The maximum atomic E-state index is 11.5. The first kappa shape index (κ1) is 11.8. The molecule has 2 aliphatic rings. The van der Waals surface area contributed by atoms with Crippen LogP contribution in [0, 0.1) is 5.92 Å². The predicted octanol–water partition coefficient (Wildman–Crippen LogP) is 2.61. The Balaban J connectivity index is 1.62. The molecular weight excluding hydrogens is 228 g/mol. The second-order valence-corrected chi connectivity index (χ2v) is 5.56. The van der Waals surface area contributed by atoms with E-state index in [0.717, 1.165) is 18.7 Å². The van der Waals surface area contributed by atoms with Crippen LogP contribution in [0.3, 0.4) is 0 Å². The maximum Gasteiger partial charge on any atom is 0.254 e. The SMILES string of the molecule is O=c1cc(OCC2CCCCC2)nc(C2CC2)[nH]1. The molecule has 0 aliphatic heterocycles. The van der Waals surface area contributed by atoms with Crippen molar-refractivity contribution in [3.05, 3.63) is 22.2 Å². The fourth-order valence-corrected chi connectivity index (χ4v) is 2.63. The highest BCUT2D eigenvalue weighted by atomic mass is 16.5. The lowest BCUT2D eigenvalue weighted by atomic mass is 9.90. The molecule has 0 spiro atoms. The number of hydrogen-bond donors (Lipinski definition) is 1. The molecule has 4 heteroatoms. The van der Waals surface area contributed by atoms with Crippen molar-refractivity contribution >= 4 is 0 Å². The summed E-state index contributed by atoms with van der Waals surface area (Å²) in [5.41, 5.74) is -0.0921. The molecule has 4 nitrogen and oxygen atoms in total. The van der Waals surface area contributed by atoms with Crippen LogP contribution in [-0.2, 0) is 0 Å². The molecule has 0 unspecified atom stereocenters. The van der Waals surface area contributed by atoms with Crippen molar-refractivity contribution in [2.75, 3.05) is 6.61 Å². The number of nitrogens with zero attached hydrogens (tertiary/aromatic N) is 1. The van der Waals surface area contributed by atoms with Crippen LogP contribution < -0.4 is 10.3 Å². The lowest BCUT2D eigenvalue weighted by Crippen LogP contribution is -2.18. The molecule has 2 saturated carbocycles. The smallest absolute Gasteiger partial charge is 0.254 e. The van der Waals surface area contributed by atoms with Crippen molar-refractivity contribution in [1.29, 1.82) is 0 Å². The van der Waals surface area contributed by atoms with E-state index in [1.165, 1.54) is 38.2 Å². The van der Waals surface area contributed by atoms with Crippen molar-refractivity contribution in [2.45, 2.75) is 50.9 Å². The van der Waals surface area contributed by atoms with E-state index in [1.807, 2.05) is 0 Å². The second kappa shape index (κ2) is 5.12. The molecule has 18 heavy (non-hydrogen) atoms. The maximum absolute atomic E-state index is 11.5. The van der Waals surface area contributed by atoms with E-state index >= 15 is 0 Å². The summed E-state index contributed by atoms with van der Waals surface area (Å²) in [6.45, 7) is 0.709. The molecule has 0 amide bonds. The third kappa shape index (κ3) is 2.92. The van der Waals surface area contributed by atoms with E-state index in [9.17, 15) is 4.79 Å². The highest BCUT2D eigenvalue weighted by Gasteiger charge is 2.26. The molecule has 0 saturated heterocycles. The Labute approximate surface area is 107 Å². The molecular formula is C14H20N2O2. The Morgan fingerprint density at radius 2 is 2.00 bits per heavy atom. The topological polar surface area (TPSA) is 55.0 Å². The predicted molar refractivity (Wildman–Crippen MR) is 68.9 cm³/mol. The van der Waals surface area contributed by atoms with E-state index < -0.39 is 0 Å². The first-order valence-electron chi connectivity index (χ1n) is 7.05. The van der Waals surface area contributed by atoms with Gasteiger partial charge < -0.3 is 9.72 Å². The van der Waals surface area contributed by atoms with E-state index in [0.29, 0.717) is 24.3 Å². The van der Waals surface area contributed by atoms with Crippen molar-refractivity contribution in [1.82, 2.24) is 9.97 Å². The summed E-state index contributed by atoms with van der Waals surface area (Å²) in [5.74, 6) is 2.41. The lowest BCUT2D eigenvalue weighted by molar-refractivity contribution is 0.202. The molecule has 0 aromatic carbocycles. The van der Waals surface area contributed by atoms with Crippen molar-refractivity contribution in [3.8, 4) is 5.88 Å². The van der Waals surface area contributed by atoms with Crippen molar-refractivity contribution in [2.24, 2.45) is 5.92 Å². The number of aromatic nitrogens is 2. The molecule has 1 N–H and O–H groups in total. The van der Waals surface area contributed by atoms with Crippen molar-refractivity contribution < 1.29 is 4.74 Å². The van der Waals surface area contributed by atoms with Gasteiger partial charge in [0.25, 0.3) is 5.56 Å². The van der Waals surface area contributed by atoms with Crippen LogP contribution in [0.5, 0.6) is 5.88 Å². The second-order valence-electron chi connectivity index (χ2n) is 5.56. The Morgan fingerprint density at radius 1 is 1.22 bits per heavy atom. The van der Waals surface area contributed by atoms with Gasteiger partial charge in [0.2, 0.25) is 5.88 Å². The quantitative estimate of drug-likeness (QED) is 0.891. The molecule has 1 heterocycles. The van der Waals surface area contributed by atoms with Gasteiger partial charge in [-0.15, -0.1) is 0 Å². The van der Waals surface area contributed by atoms with Crippen LogP contribution in [0.15, 0.2) is 10.9 Å². The molecule has 2 aliphatic carbocycles. The number of hydrogen-bond acceptors (Lipinski definition) is 3. The number of ether oxygens (including phenoxy) is 1. The minimum atomic E-state index is -0.0921. The van der Waals surface area contributed by atoms with Crippen LogP contribution in [0.1, 0.15) is 56.7 Å². The van der Waals surface area contributed by atoms with Crippen LogP contribution in [0.4, 0.5) is 0 Å². The van der Waals surface area contributed by atoms with Crippen LogP contribution in [-0.4, -0.2) is 16.6 Å². The summed E-state index contributed by atoms with van der Waals surface area (Å²) < 4.78 is 5.71. The summed E-state index contributed by atoms with van der Waals surface area (Å²) >= 11 is 0. The summed E-state index contributed by atoms with van der Waals surface area (Å²) in [6, 6.07) is 1.47. The molecule has 2 fully saturated rings. The summed E-state index contributed by atoms with van der Waals surface area (Å²) in [5, 5.41) is 0. The number of nitrogens with one attached hydrogen (secondary N) is 1. The Kier molecular flexibility index (Phi) is 3.35. The molecule has 0 atom stereocenters. The van der Waals surface area contributed by atoms with Gasteiger partial charge in [0.05, 0.1) is 12.7 Å². The minimum absolute atomic E-state index is 0.0921. The van der Waals surface area contributed by atoms with Gasteiger partial charge in [0.15, 0.2) is 0 Å². The van der Waals surface area contributed by atoms with Crippen LogP contribution in [0.25, 0.3) is 0 Å². The zero-order valence-electron chi connectivity index (χ0n) is 10.7. The Bertz CT molecular complexity index is 459. The Hall–Kier alpha value is -1.32. The average Bonchev–Trinajstić information content (AvgIpc) is 3.21. The Morgan fingerprint density at radius 3 is 2.72 bits per heavy atom. The summed E-state index contributed by atoms with van der Waals surface area (Å²) in [6.07, 6.45) is 8.74. The first-order valence-corrected chi connectivity index (χ1v) is 7.05. The van der Waals surface area contributed by atoms with Gasteiger partial charge in [0, 0.05) is 5.92 Å². The summed E-state index contributed by atoms with van der Waals surface area (Å²) in [4.78, 5) is 18.7. The van der Waals surface area contributed by atoms with Crippen LogP contribution >= 0.6 is 0 Å². The van der Waals surface area contributed by atoms with Gasteiger partial charge in [-0.05, 0) is 31.6 Å². The molecule has 1 aromatic rings. The minimum Gasteiger partial charge on any atom is -0.477 e. The average molecular weight is 248 g/mol. The van der Waals surface area contributed by atoms with Gasteiger partial charge in [-0.2, -0.15) is 4.98 Å². The number of rotatable bonds is 4. The fourth-order valence-electron chi connectivity index (χ4n) is 2.63. The zero-order valence-corrected chi connectivity index (χ0v) is 10.7. The molecule has 0 radical (unpaired) electrons. The first-order chi connectivity index (χ1) is 8.81.